The Kier molecular flexibility index (Phi) is 5.37. The van der Waals surface area contributed by atoms with E-state index < -0.39 is 5.60 Å². The molecule has 1 unspecified atom stereocenters. The molecule has 2 N–H and O–H groups in total. The van der Waals surface area contributed by atoms with Gasteiger partial charge in [-0.2, -0.15) is 0 Å². The summed E-state index contributed by atoms with van der Waals surface area (Å²) in [4.78, 5) is 14.2. The van der Waals surface area contributed by atoms with E-state index in [2.05, 4.69) is 22.3 Å². The largest absolute Gasteiger partial charge is 0.389 e. The van der Waals surface area contributed by atoms with Crippen LogP contribution in [0.4, 0.5) is 0 Å². The van der Waals surface area contributed by atoms with Crippen molar-refractivity contribution in [2.45, 2.75) is 43.7 Å². The summed E-state index contributed by atoms with van der Waals surface area (Å²) in [6, 6.07) is 10.3. The van der Waals surface area contributed by atoms with E-state index in [-0.39, 0.29) is 18.4 Å². The van der Waals surface area contributed by atoms with Crippen LogP contribution >= 0.6 is 0 Å². The number of likely N-dealkylation sites (N-methyl/N-ethyl adjacent to an activating group) is 1. The Morgan fingerprint density at radius 2 is 1.90 bits per heavy atom. The molecule has 2 rings (SSSR count). The summed E-state index contributed by atoms with van der Waals surface area (Å²) in [5, 5.41) is 13.3. The van der Waals surface area contributed by atoms with Crippen molar-refractivity contribution in [3.63, 3.8) is 0 Å². The van der Waals surface area contributed by atoms with E-state index in [0.717, 1.165) is 25.7 Å². The number of carbonyl (C=O) groups is 1. The molecule has 0 bridgehead atoms. The molecule has 1 fully saturated rings. The van der Waals surface area contributed by atoms with Gasteiger partial charge in [-0.3, -0.25) is 4.79 Å². The number of hydrogen-bond acceptors (Lipinski definition) is 3. The summed E-state index contributed by atoms with van der Waals surface area (Å²) in [5.74, 6) is -0.0535. The molecular weight excluding hydrogens is 264 g/mol. The lowest BCUT2D eigenvalue weighted by Gasteiger charge is -2.26. The van der Waals surface area contributed by atoms with Gasteiger partial charge in [0.25, 0.3) is 0 Å². The number of amides is 1. The van der Waals surface area contributed by atoms with Crippen LogP contribution in [-0.2, 0) is 4.79 Å². The first-order valence-electron chi connectivity index (χ1n) is 7.71. The molecular formula is C17H26N2O2. The number of nitrogens with zero attached hydrogens (tertiary/aromatic N) is 1. The molecule has 0 saturated heterocycles. The maximum Gasteiger partial charge on any atom is 0.222 e. The van der Waals surface area contributed by atoms with Gasteiger partial charge in [0.15, 0.2) is 0 Å². The first-order valence-corrected chi connectivity index (χ1v) is 7.71. The Hall–Kier alpha value is -1.39. The summed E-state index contributed by atoms with van der Waals surface area (Å²) in [6.45, 7) is 0.561. The third kappa shape index (κ3) is 4.55. The van der Waals surface area contributed by atoms with Gasteiger partial charge in [-0.25, -0.2) is 0 Å². The topological polar surface area (TPSA) is 52.6 Å². The molecule has 1 saturated carbocycles. The summed E-state index contributed by atoms with van der Waals surface area (Å²) >= 11 is 0. The van der Waals surface area contributed by atoms with Crippen molar-refractivity contribution in [3.05, 3.63) is 35.9 Å². The van der Waals surface area contributed by atoms with E-state index in [4.69, 9.17) is 0 Å². The van der Waals surface area contributed by atoms with E-state index in [1.54, 1.807) is 0 Å². The van der Waals surface area contributed by atoms with Crippen LogP contribution in [0.3, 0.4) is 0 Å². The number of carbonyl (C=O) groups excluding carboxylic acids is 1. The van der Waals surface area contributed by atoms with Crippen LogP contribution in [-0.4, -0.2) is 42.2 Å². The second-order valence-corrected chi connectivity index (χ2v) is 6.30. The molecule has 0 radical (unpaired) electrons. The maximum absolute atomic E-state index is 12.1. The van der Waals surface area contributed by atoms with Crippen molar-refractivity contribution in [1.82, 2.24) is 10.2 Å². The zero-order valence-corrected chi connectivity index (χ0v) is 13.0. The molecule has 1 aromatic carbocycles. The van der Waals surface area contributed by atoms with Crippen LogP contribution in [0.15, 0.2) is 30.3 Å². The molecule has 1 aliphatic rings. The van der Waals surface area contributed by atoms with E-state index in [1.165, 1.54) is 5.56 Å². The number of nitrogens with one attached hydrogen (secondary N) is 1. The molecule has 0 aliphatic heterocycles. The van der Waals surface area contributed by atoms with Crippen LogP contribution in [0.5, 0.6) is 0 Å². The summed E-state index contributed by atoms with van der Waals surface area (Å²) in [5.41, 5.74) is 0.409. The van der Waals surface area contributed by atoms with Gasteiger partial charge in [0.05, 0.1) is 18.1 Å². The molecule has 1 aromatic rings. The fourth-order valence-corrected chi connectivity index (χ4v) is 3.06. The van der Waals surface area contributed by atoms with Gasteiger partial charge in [0, 0.05) is 6.54 Å². The first kappa shape index (κ1) is 16.0. The Labute approximate surface area is 127 Å². The quantitative estimate of drug-likeness (QED) is 0.843. The van der Waals surface area contributed by atoms with Crippen molar-refractivity contribution in [1.29, 1.82) is 0 Å². The molecule has 0 spiro atoms. The Bertz CT molecular complexity index is 453. The zero-order valence-electron chi connectivity index (χ0n) is 13.0. The highest BCUT2D eigenvalue weighted by Gasteiger charge is 2.33. The van der Waals surface area contributed by atoms with E-state index >= 15 is 0 Å². The van der Waals surface area contributed by atoms with Crippen LogP contribution in [0, 0.1) is 0 Å². The van der Waals surface area contributed by atoms with Gasteiger partial charge in [-0.1, -0.05) is 43.2 Å². The molecule has 1 atom stereocenters. The normalized spacial score (nSPS) is 18.7. The van der Waals surface area contributed by atoms with Gasteiger partial charge in [-0.15, -0.1) is 0 Å². The highest BCUT2D eigenvalue weighted by Crippen LogP contribution is 2.32. The predicted molar refractivity (Wildman–Crippen MR) is 83.9 cm³/mol. The van der Waals surface area contributed by atoms with Crippen LogP contribution < -0.4 is 5.32 Å². The fraction of sp³-hybridized carbons (Fsp3) is 0.588. The molecule has 116 valence electrons. The fourth-order valence-electron chi connectivity index (χ4n) is 3.06. The average Bonchev–Trinajstić information content (AvgIpc) is 2.86. The van der Waals surface area contributed by atoms with Gasteiger partial charge in [0.1, 0.15) is 0 Å². The molecule has 0 aromatic heterocycles. The van der Waals surface area contributed by atoms with Gasteiger partial charge in [-0.05, 0) is 32.5 Å². The summed E-state index contributed by atoms with van der Waals surface area (Å²) in [7, 11) is 4.02. The summed E-state index contributed by atoms with van der Waals surface area (Å²) in [6.07, 6.45) is 3.76. The van der Waals surface area contributed by atoms with Crippen LogP contribution in [0.25, 0.3) is 0 Å². The summed E-state index contributed by atoms with van der Waals surface area (Å²) < 4.78 is 0. The third-order valence-corrected chi connectivity index (χ3v) is 4.32. The van der Waals surface area contributed by atoms with Crippen molar-refractivity contribution in [2.24, 2.45) is 0 Å². The lowest BCUT2D eigenvalue weighted by Crippen LogP contribution is -2.38. The number of rotatable bonds is 6. The highest BCUT2D eigenvalue weighted by atomic mass is 16.3. The highest BCUT2D eigenvalue weighted by molar-refractivity contribution is 5.77. The van der Waals surface area contributed by atoms with E-state index in [9.17, 15) is 9.90 Å². The molecule has 1 aliphatic carbocycles. The Morgan fingerprint density at radius 1 is 1.29 bits per heavy atom. The average molecular weight is 290 g/mol. The SMILES string of the molecule is CN(C)C(CNC(=O)CC1(O)CCCC1)c1ccccc1. The van der Waals surface area contributed by atoms with E-state index in [1.807, 2.05) is 32.3 Å². The Balaban J connectivity index is 1.89. The number of benzene rings is 1. The standard InChI is InChI=1S/C17H26N2O2/c1-19(2)15(14-8-4-3-5-9-14)13-18-16(20)12-17(21)10-6-7-11-17/h3-5,8-9,15,21H,6-7,10-13H2,1-2H3,(H,18,20). The van der Waals surface area contributed by atoms with Crippen molar-refractivity contribution < 1.29 is 9.90 Å². The van der Waals surface area contributed by atoms with Gasteiger partial charge < -0.3 is 15.3 Å². The minimum atomic E-state index is -0.773. The number of aliphatic hydroxyl groups is 1. The van der Waals surface area contributed by atoms with Crippen LogP contribution in [0.2, 0.25) is 0 Å². The molecule has 1 amide bonds. The van der Waals surface area contributed by atoms with Gasteiger partial charge in [0.2, 0.25) is 5.91 Å². The molecule has 4 nitrogen and oxygen atoms in total. The lowest BCUT2D eigenvalue weighted by atomic mass is 9.97. The van der Waals surface area contributed by atoms with Crippen molar-refractivity contribution in [2.75, 3.05) is 20.6 Å². The number of hydrogen-bond donors (Lipinski definition) is 2. The Morgan fingerprint density at radius 3 is 2.48 bits per heavy atom. The second-order valence-electron chi connectivity index (χ2n) is 6.30. The third-order valence-electron chi connectivity index (χ3n) is 4.32. The van der Waals surface area contributed by atoms with Gasteiger partial charge >= 0.3 is 0 Å². The minimum absolute atomic E-state index is 0.0535. The molecule has 21 heavy (non-hydrogen) atoms. The minimum Gasteiger partial charge on any atom is -0.389 e. The first-order chi connectivity index (χ1) is 10.0. The predicted octanol–water partition coefficient (Wildman–Crippen LogP) is 2.10. The maximum atomic E-state index is 12.1. The molecule has 0 heterocycles. The zero-order chi connectivity index (χ0) is 15.3. The van der Waals surface area contributed by atoms with E-state index in [0.29, 0.717) is 6.54 Å². The van der Waals surface area contributed by atoms with Crippen molar-refractivity contribution in [3.8, 4) is 0 Å². The van der Waals surface area contributed by atoms with Crippen molar-refractivity contribution >= 4 is 5.91 Å². The lowest BCUT2D eigenvalue weighted by molar-refractivity contribution is -0.126. The second kappa shape index (κ2) is 7.05. The van der Waals surface area contributed by atoms with Crippen LogP contribution in [0.1, 0.15) is 43.7 Å². The molecule has 4 heteroatoms. The monoisotopic (exact) mass is 290 g/mol. The smallest absolute Gasteiger partial charge is 0.222 e.